The minimum atomic E-state index is 0.357. The summed E-state index contributed by atoms with van der Waals surface area (Å²) >= 11 is 1.83. The van der Waals surface area contributed by atoms with Gasteiger partial charge in [0, 0.05) is 22.9 Å². The molecule has 0 bridgehead atoms. The van der Waals surface area contributed by atoms with Crippen molar-refractivity contribution in [2.24, 2.45) is 0 Å². The molecule has 1 N–H and O–H groups in total. The lowest BCUT2D eigenvalue weighted by Crippen LogP contribution is -2.24. The second kappa shape index (κ2) is 6.40. The summed E-state index contributed by atoms with van der Waals surface area (Å²) in [5, 5.41) is 5.81. The highest BCUT2D eigenvalue weighted by molar-refractivity contribution is 7.09. The second-order valence-electron chi connectivity index (χ2n) is 5.04. The van der Waals surface area contributed by atoms with Gasteiger partial charge in [-0.15, -0.1) is 11.3 Å². The maximum Gasteiger partial charge on any atom is 0.106 e. The third-order valence-electron chi connectivity index (χ3n) is 3.59. The van der Waals surface area contributed by atoms with Crippen LogP contribution in [0.2, 0.25) is 0 Å². The number of furan rings is 1. The molecule has 1 atom stereocenters. The molecule has 2 nitrogen and oxygen atoms in total. The summed E-state index contributed by atoms with van der Waals surface area (Å²) in [5.74, 6) is 2.10. The van der Waals surface area contributed by atoms with Crippen LogP contribution < -0.4 is 5.32 Å². The number of rotatable bonds is 6. The molecule has 0 fully saturated rings. The summed E-state index contributed by atoms with van der Waals surface area (Å²) in [7, 11) is 0. The van der Waals surface area contributed by atoms with Crippen LogP contribution >= 0.6 is 11.3 Å². The zero-order valence-corrected chi connectivity index (χ0v) is 13.1. The Morgan fingerprint density at radius 2 is 2.05 bits per heavy atom. The number of hydrogen-bond acceptors (Lipinski definition) is 3. The molecule has 0 aliphatic heterocycles. The standard InChI is InChI=1S/C16H23NOS/c1-5-8-17-15(10-14-7-6-9-19-14)16-11(2)12(3)18-13(16)4/h6-7,9,15,17H,5,8,10H2,1-4H3. The molecule has 0 radical (unpaired) electrons. The first-order valence-electron chi connectivity index (χ1n) is 6.95. The highest BCUT2D eigenvalue weighted by Gasteiger charge is 2.21. The number of aryl methyl sites for hydroxylation is 2. The Hall–Kier alpha value is -1.06. The minimum Gasteiger partial charge on any atom is -0.466 e. The third-order valence-corrected chi connectivity index (χ3v) is 4.49. The van der Waals surface area contributed by atoms with Crippen molar-refractivity contribution in [2.75, 3.05) is 6.54 Å². The van der Waals surface area contributed by atoms with Gasteiger partial charge in [-0.3, -0.25) is 0 Å². The molecule has 2 aromatic heterocycles. The fourth-order valence-electron chi connectivity index (χ4n) is 2.55. The van der Waals surface area contributed by atoms with E-state index in [1.54, 1.807) is 0 Å². The molecule has 0 aromatic carbocycles. The fourth-order valence-corrected chi connectivity index (χ4v) is 3.30. The Morgan fingerprint density at radius 3 is 2.58 bits per heavy atom. The van der Waals surface area contributed by atoms with E-state index in [4.69, 9.17) is 4.42 Å². The van der Waals surface area contributed by atoms with Gasteiger partial charge in [0.1, 0.15) is 11.5 Å². The fraction of sp³-hybridized carbons (Fsp3) is 0.500. The van der Waals surface area contributed by atoms with Gasteiger partial charge in [0.15, 0.2) is 0 Å². The first-order chi connectivity index (χ1) is 9.13. The number of nitrogens with one attached hydrogen (secondary N) is 1. The van der Waals surface area contributed by atoms with Crippen LogP contribution in [0.15, 0.2) is 21.9 Å². The molecule has 104 valence electrons. The SMILES string of the molecule is CCCNC(Cc1cccs1)c1c(C)oc(C)c1C. The second-order valence-corrected chi connectivity index (χ2v) is 6.08. The van der Waals surface area contributed by atoms with Crippen LogP contribution in [0.1, 0.15) is 46.9 Å². The molecule has 1 unspecified atom stereocenters. The molecule has 2 heterocycles. The Labute approximate surface area is 119 Å². The van der Waals surface area contributed by atoms with Crippen LogP contribution in [0, 0.1) is 20.8 Å². The zero-order chi connectivity index (χ0) is 13.8. The van der Waals surface area contributed by atoms with Gasteiger partial charge in [0.25, 0.3) is 0 Å². The van der Waals surface area contributed by atoms with Crippen LogP contribution in [0.25, 0.3) is 0 Å². The minimum absolute atomic E-state index is 0.357. The molecular formula is C16H23NOS. The molecular weight excluding hydrogens is 254 g/mol. The van der Waals surface area contributed by atoms with Crippen molar-refractivity contribution >= 4 is 11.3 Å². The van der Waals surface area contributed by atoms with Gasteiger partial charge in [-0.1, -0.05) is 13.0 Å². The Kier molecular flexibility index (Phi) is 4.83. The molecule has 19 heavy (non-hydrogen) atoms. The third kappa shape index (κ3) is 3.28. The number of hydrogen-bond donors (Lipinski definition) is 1. The van der Waals surface area contributed by atoms with E-state index >= 15 is 0 Å². The lowest BCUT2D eigenvalue weighted by atomic mass is 9.98. The van der Waals surface area contributed by atoms with Gasteiger partial charge in [-0.25, -0.2) is 0 Å². The van der Waals surface area contributed by atoms with Crippen LogP contribution in [0.5, 0.6) is 0 Å². The van der Waals surface area contributed by atoms with E-state index in [9.17, 15) is 0 Å². The van der Waals surface area contributed by atoms with Crippen LogP contribution in [0.4, 0.5) is 0 Å². The van der Waals surface area contributed by atoms with Crippen molar-refractivity contribution < 1.29 is 4.42 Å². The molecule has 0 spiro atoms. The first kappa shape index (κ1) is 14.4. The van der Waals surface area contributed by atoms with Gasteiger partial charge in [0.2, 0.25) is 0 Å². The van der Waals surface area contributed by atoms with Gasteiger partial charge in [0.05, 0.1) is 0 Å². The Bertz CT molecular complexity index is 513. The molecule has 2 aromatic rings. The van der Waals surface area contributed by atoms with Crippen LogP contribution in [-0.4, -0.2) is 6.54 Å². The average molecular weight is 277 g/mol. The van der Waals surface area contributed by atoms with E-state index in [2.05, 4.69) is 43.6 Å². The molecule has 0 saturated heterocycles. The molecule has 0 amide bonds. The highest BCUT2D eigenvalue weighted by Crippen LogP contribution is 2.30. The predicted octanol–water partition coefficient (Wildman–Crippen LogP) is 4.55. The molecule has 3 heteroatoms. The van der Waals surface area contributed by atoms with Crippen molar-refractivity contribution in [1.82, 2.24) is 5.32 Å². The lowest BCUT2D eigenvalue weighted by Gasteiger charge is -2.18. The van der Waals surface area contributed by atoms with E-state index in [1.165, 1.54) is 16.0 Å². The summed E-state index contributed by atoms with van der Waals surface area (Å²) < 4.78 is 5.79. The van der Waals surface area contributed by atoms with Gasteiger partial charge in [-0.05, 0) is 50.7 Å². The summed E-state index contributed by atoms with van der Waals surface area (Å²) in [6.45, 7) is 9.53. The largest absolute Gasteiger partial charge is 0.466 e. The van der Waals surface area contributed by atoms with E-state index in [0.717, 1.165) is 30.9 Å². The van der Waals surface area contributed by atoms with E-state index in [1.807, 2.05) is 18.3 Å². The molecule has 2 rings (SSSR count). The molecule has 0 saturated carbocycles. The average Bonchev–Trinajstić information content (AvgIpc) is 2.95. The van der Waals surface area contributed by atoms with Crippen molar-refractivity contribution in [3.8, 4) is 0 Å². The normalized spacial score (nSPS) is 12.8. The van der Waals surface area contributed by atoms with Gasteiger partial charge >= 0.3 is 0 Å². The van der Waals surface area contributed by atoms with Crippen molar-refractivity contribution in [2.45, 2.75) is 46.6 Å². The predicted molar refractivity (Wildman–Crippen MR) is 82.0 cm³/mol. The van der Waals surface area contributed by atoms with E-state index in [-0.39, 0.29) is 0 Å². The smallest absolute Gasteiger partial charge is 0.106 e. The lowest BCUT2D eigenvalue weighted by molar-refractivity contribution is 0.481. The molecule has 0 aliphatic rings. The summed E-state index contributed by atoms with van der Waals surface area (Å²) in [5.41, 5.74) is 2.64. The Balaban J connectivity index is 2.25. The number of thiophene rings is 1. The quantitative estimate of drug-likeness (QED) is 0.838. The maximum atomic E-state index is 5.79. The summed E-state index contributed by atoms with van der Waals surface area (Å²) in [6, 6.07) is 4.69. The highest BCUT2D eigenvalue weighted by atomic mass is 32.1. The summed E-state index contributed by atoms with van der Waals surface area (Å²) in [6.07, 6.45) is 2.19. The summed E-state index contributed by atoms with van der Waals surface area (Å²) in [4.78, 5) is 1.42. The zero-order valence-electron chi connectivity index (χ0n) is 12.2. The van der Waals surface area contributed by atoms with Crippen molar-refractivity contribution in [3.63, 3.8) is 0 Å². The first-order valence-corrected chi connectivity index (χ1v) is 7.83. The molecule has 0 aliphatic carbocycles. The Morgan fingerprint density at radius 1 is 1.26 bits per heavy atom. The van der Waals surface area contributed by atoms with Gasteiger partial charge < -0.3 is 9.73 Å². The van der Waals surface area contributed by atoms with Gasteiger partial charge in [-0.2, -0.15) is 0 Å². The van der Waals surface area contributed by atoms with Crippen LogP contribution in [0.3, 0.4) is 0 Å². The monoisotopic (exact) mass is 277 g/mol. The maximum absolute atomic E-state index is 5.79. The van der Waals surface area contributed by atoms with Crippen molar-refractivity contribution in [1.29, 1.82) is 0 Å². The topological polar surface area (TPSA) is 25.2 Å². The van der Waals surface area contributed by atoms with Crippen molar-refractivity contribution in [3.05, 3.63) is 45.0 Å². The van der Waals surface area contributed by atoms with E-state index in [0.29, 0.717) is 6.04 Å². The van der Waals surface area contributed by atoms with E-state index < -0.39 is 0 Å². The van der Waals surface area contributed by atoms with Crippen LogP contribution in [-0.2, 0) is 6.42 Å².